The topological polar surface area (TPSA) is 80.8 Å². The van der Waals surface area contributed by atoms with Crippen molar-refractivity contribution < 1.29 is 21.0 Å². The molecule has 1 saturated heterocycles. The van der Waals surface area contributed by atoms with Gasteiger partial charge in [0.2, 0.25) is 10.0 Å². The third-order valence-electron chi connectivity index (χ3n) is 5.03. The summed E-state index contributed by atoms with van der Waals surface area (Å²) in [5.41, 5.74) is 1.91. The van der Waals surface area contributed by atoms with E-state index in [0.717, 1.165) is 11.1 Å². The average Bonchev–Trinajstić information content (AvgIpc) is 3.02. The van der Waals surface area contributed by atoms with Gasteiger partial charge in [0.1, 0.15) is 0 Å². The third-order valence-corrected chi connectivity index (χ3v) is 8.41. The van der Waals surface area contributed by atoms with E-state index >= 15 is 0 Å². The Bertz CT molecular complexity index is 1030. The van der Waals surface area contributed by atoms with Crippen molar-refractivity contribution in [1.82, 2.24) is 4.31 Å². The Labute approximate surface area is 167 Å². The molecule has 0 spiro atoms. The number of sulfonamides is 1. The molecule has 0 aliphatic carbocycles. The Hall–Kier alpha value is -1.74. The Balaban J connectivity index is 1.80. The first kappa shape index (κ1) is 21.0. The van der Waals surface area contributed by atoms with Gasteiger partial charge in [0.25, 0.3) is 10.1 Å². The Kier molecular flexibility index (Phi) is 5.95. The molecule has 152 valence electrons. The van der Waals surface area contributed by atoms with Crippen LogP contribution in [0.25, 0.3) is 0 Å². The molecule has 0 aromatic heterocycles. The number of hydrogen-bond acceptors (Lipinski definition) is 5. The van der Waals surface area contributed by atoms with E-state index in [1.54, 1.807) is 36.4 Å². The molecule has 3 rings (SSSR count). The molecule has 0 bridgehead atoms. The molecular weight excluding hydrogens is 398 g/mol. The lowest BCUT2D eigenvalue weighted by Crippen LogP contribution is -2.42. The van der Waals surface area contributed by atoms with E-state index in [4.69, 9.17) is 4.18 Å². The van der Waals surface area contributed by atoms with Crippen LogP contribution >= 0.6 is 0 Å². The van der Waals surface area contributed by atoms with Gasteiger partial charge in [0.05, 0.1) is 22.4 Å². The van der Waals surface area contributed by atoms with E-state index in [9.17, 15) is 16.8 Å². The summed E-state index contributed by atoms with van der Waals surface area (Å²) in [6, 6.07) is 12.3. The highest BCUT2D eigenvalue weighted by Gasteiger charge is 2.40. The smallest absolute Gasteiger partial charge is 0.265 e. The van der Waals surface area contributed by atoms with Crippen LogP contribution in [-0.4, -0.2) is 39.8 Å². The second-order valence-electron chi connectivity index (χ2n) is 7.28. The van der Waals surface area contributed by atoms with Crippen LogP contribution in [0.1, 0.15) is 30.9 Å². The summed E-state index contributed by atoms with van der Waals surface area (Å²) in [6.07, 6.45) is 1.21. The first-order valence-corrected chi connectivity index (χ1v) is 12.0. The van der Waals surface area contributed by atoms with Crippen LogP contribution in [0, 0.1) is 13.8 Å². The number of rotatable bonds is 6. The van der Waals surface area contributed by atoms with Gasteiger partial charge in [0, 0.05) is 6.04 Å². The summed E-state index contributed by atoms with van der Waals surface area (Å²) in [5.74, 6) is 0. The second kappa shape index (κ2) is 7.94. The number of hydrogen-bond donors (Lipinski definition) is 0. The zero-order valence-electron chi connectivity index (χ0n) is 16.2. The van der Waals surface area contributed by atoms with Gasteiger partial charge < -0.3 is 0 Å². The molecular formula is C20H25NO5S2. The summed E-state index contributed by atoms with van der Waals surface area (Å²) in [6.45, 7) is 5.39. The Morgan fingerprint density at radius 3 is 1.89 bits per heavy atom. The minimum Gasteiger partial charge on any atom is -0.265 e. The summed E-state index contributed by atoms with van der Waals surface area (Å²) in [7, 11) is -7.68. The normalized spacial score (nSPS) is 21.1. The van der Waals surface area contributed by atoms with Gasteiger partial charge in [-0.3, -0.25) is 4.18 Å². The Morgan fingerprint density at radius 1 is 0.857 bits per heavy atom. The fraction of sp³-hybridized carbons (Fsp3) is 0.400. The maximum atomic E-state index is 13.1. The third kappa shape index (κ3) is 4.30. The predicted octanol–water partition coefficient (Wildman–Crippen LogP) is 3.25. The predicted molar refractivity (Wildman–Crippen MR) is 107 cm³/mol. The fourth-order valence-electron chi connectivity index (χ4n) is 3.41. The second-order valence-corrected chi connectivity index (χ2v) is 10.7. The van der Waals surface area contributed by atoms with Crippen LogP contribution in [-0.2, 0) is 24.3 Å². The highest BCUT2D eigenvalue weighted by Crippen LogP contribution is 2.31. The molecule has 0 saturated carbocycles. The number of benzene rings is 2. The van der Waals surface area contributed by atoms with Crippen molar-refractivity contribution >= 4 is 20.1 Å². The summed E-state index contributed by atoms with van der Waals surface area (Å²) in [4.78, 5) is 0.273. The van der Waals surface area contributed by atoms with Crippen LogP contribution in [0.3, 0.4) is 0 Å². The van der Waals surface area contributed by atoms with Crippen LogP contribution in [0.4, 0.5) is 0 Å². The van der Waals surface area contributed by atoms with Crippen molar-refractivity contribution in [1.29, 1.82) is 0 Å². The summed E-state index contributed by atoms with van der Waals surface area (Å²) >= 11 is 0. The van der Waals surface area contributed by atoms with Gasteiger partial charge >= 0.3 is 0 Å². The van der Waals surface area contributed by atoms with Crippen molar-refractivity contribution in [2.75, 3.05) is 6.61 Å². The molecule has 1 aliphatic rings. The molecule has 2 atom stereocenters. The summed E-state index contributed by atoms with van der Waals surface area (Å²) in [5, 5.41) is 0. The molecule has 28 heavy (non-hydrogen) atoms. The zero-order chi connectivity index (χ0) is 20.5. The molecule has 0 amide bonds. The molecule has 0 radical (unpaired) electrons. The van der Waals surface area contributed by atoms with Crippen molar-refractivity contribution in [3.05, 3.63) is 59.7 Å². The highest BCUT2D eigenvalue weighted by atomic mass is 32.2. The quantitative estimate of drug-likeness (QED) is 0.666. The van der Waals surface area contributed by atoms with Gasteiger partial charge in [-0.05, 0) is 57.9 Å². The molecule has 1 aliphatic heterocycles. The molecule has 8 heteroatoms. The maximum Gasteiger partial charge on any atom is 0.297 e. The first-order chi connectivity index (χ1) is 13.1. The van der Waals surface area contributed by atoms with E-state index in [2.05, 4.69) is 0 Å². The van der Waals surface area contributed by atoms with Gasteiger partial charge in [-0.2, -0.15) is 12.7 Å². The number of nitrogens with zero attached hydrogens (tertiary/aromatic N) is 1. The molecule has 1 fully saturated rings. The van der Waals surface area contributed by atoms with Gasteiger partial charge in [0.15, 0.2) is 0 Å². The van der Waals surface area contributed by atoms with Crippen molar-refractivity contribution in [2.45, 2.75) is 55.5 Å². The van der Waals surface area contributed by atoms with Crippen LogP contribution in [0.15, 0.2) is 58.3 Å². The fourth-order valence-corrected chi connectivity index (χ4v) is 6.21. The van der Waals surface area contributed by atoms with Crippen LogP contribution < -0.4 is 0 Å². The molecule has 6 nitrogen and oxygen atoms in total. The van der Waals surface area contributed by atoms with Gasteiger partial charge in [-0.1, -0.05) is 35.4 Å². The van der Waals surface area contributed by atoms with E-state index < -0.39 is 26.2 Å². The van der Waals surface area contributed by atoms with E-state index in [-0.39, 0.29) is 22.4 Å². The lowest BCUT2D eigenvalue weighted by atomic mass is 10.2. The van der Waals surface area contributed by atoms with Crippen molar-refractivity contribution in [2.24, 2.45) is 0 Å². The largest absolute Gasteiger partial charge is 0.297 e. The van der Waals surface area contributed by atoms with Crippen LogP contribution in [0.5, 0.6) is 0 Å². The lowest BCUT2D eigenvalue weighted by molar-refractivity contribution is 0.222. The molecule has 2 aromatic carbocycles. The zero-order valence-corrected chi connectivity index (χ0v) is 17.8. The standard InChI is InChI=1S/C20H25NO5S2/c1-15-4-10-19(11-5-15)27(22,23)21-17(3)8-9-18(21)14-26-28(24,25)20-12-6-16(2)7-13-20/h4-7,10-13,17-18H,8-9,14H2,1-3H3/t17-,18+/m0/s1. The average molecular weight is 424 g/mol. The minimum atomic E-state index is -3.94. The minimum absolute atomic E-state index is 0.0667. The van der Waals surface area contributed by atoms with Crippen molar-refractivity contribution in [3.8, 4) is 0 Å². The van der Waals surface area contributed by atoms with E-state index in [0.29, 0.717) is 12.8 Å². The number of aryl methyl sites for hydroxylation is 2. The first-order valence-electron chi connectivity index (χ1n) is 9.17. The van der Waals surface area contributed by atoms with Gasteiger partial charge in [-0.25, -0.2) is 8.42 Å². The summed E-state index contributed by atoms with van der Waals surface area (Å²) < 4.78 is 57.8. The molecule has 2 aromatic rings. The monoisotopic (exact) mass is 423 g/mol. The Morgan fingerprint density at radius 2 is 1.36 bits per heavy atom. The van der Waals surface area contributed by atoms with Crippen molar-refractivity contribution in [3.63, 3.8) is 0 Å². The van der Waals surface area contributed by atoms with Crippen LogP contribution in [0.2, 0.25) is 0 Å². The maximum absolute atomic E-state index is 13.1. The SMILES string of the molecule is Cc1ccc(S(=O)(=O)OC[C@H]2CC[C@H](C)N2S(=O)(=O)c2ccc(C)cc2)cc1. The molecule has 0 N–H and O–H groups in total. The lowest BCUT2D eigenvalue weighted by Gasteiger charge is -2.27. The molecule has 1 heterocycles. The molecule has 0 unspecified atom stereocenters. The van der Waals surface area contributed by atoms with E-state index in [1.807, 2.05) is 20.8 Å². The highest BCUT2D eigenvalue weighted by molar-refractivity contribution is 7.89. The van der Waals surface area contributed by atoms with E-state index in [1.165, 1.54) is 16.4 Å². The van der Waals surface area contributed by atoms with Gasteiger partial charge in [-0.15, -0.1) is 0 Å².